The van der Waals surface area contributed by atoms with Crippen LogP contribution >= 0.6 is 31.9 Å². The van der Waals surface area contributed by atoms with E-state index in [1.807, 2.05) is 0 Å². The molecule has 2 nitrogen and oxygen atoms in total. The Morgan fingerprint density at radius 1 is 0.778 bits per heavy atom. The van der Waals surface area contributed by atoms with Crippen LogP contribution in [0.5, 0.6) is 11.5 Å². The summed E-state index contributed by atoms with van der Waals surface area (Å²) in [5, 5.41) is 0. The van der Waals surface area contributed by atoms with Gasteiger partial charge in [0.05, 0.1) is 0 Å². The Bertz CT molecular complexity index is 791. The summed E-state index contributed by atoms with van der Waals surface area (Å²) in [4.78, 5) is 0. The maximum Gasteiger partial charge on any atom is 0.573 e. The zero-order valence-corrected chi connectivity index (χ0v) is 16.2. The second kappa shape index (κ2) is 9.09. The number of hydrogen-bond donors (Lipinski definition) is 0. The fraction of sp³-hybridized carbons (Fsp3) is 0.200. The first kappa shape index (κ1) is 23.5. The average Bonchev–Trinajstić information content (AvgIpc) is 2.49. The Labute approximate surface area is 164 Å². The van der Waals surface area contributed by atoms with Gasteiger partial charge in [0.2, 0.25) is 0 Å². The van der Waals surface area contributed by atoms with Crippen LogP contribution in [0.3, 0.4) is 0 Å². The Balaban J connectivity index is 0.000000271. The zero-order chi connectivity index (χ0) is 21.0. The van der Waals surface area contributed by atoms with Crippen molar-refractivity contribution in [2.75, 3.05) is 0 Å². The lowest BCUT2D eigenvalue weighted by atomic mass is 10.2. The van der Waals surface area contributed by atoms with Gasteiger partial charge in [0, 0.05) is 14.5 Å². The van der Waals surface area contributed by atoms with Crippen LogP contribution in [0, 0.1) is 18.6 Å². The molecular weight excluding hydrogens is 524 g/mol. The van der Waals surface area contributed by atoms with E-state index < -0.39 is 35.9 Å². The minimum Gasteiger partial charge on any atom is -0.403 e. The molecule has 0 unspecified atom stereocenters. The Hall–Kier alpha value is -1.56. The first-order chi connectivity index (χ1) is 12.2. The van der Waals surface area contributed by atoms with Crippen molar-refractivity contribution in [3.63, 3.8) is 0 Å². The molecule has 0 aliphatic heterocycles. The second-order valence-electron chi connectivity index (χ2n) is 4.65. The SMILES string of the molecule is Cc1c(Br)ccc(OC(F)(F)F)c1F.Fc1cc(Br)ccc1OC(F)(F)F. The molecule has 2 rings (SSSR count). The molecule has 0 fully saturated rings. The summed E-state index contributed by atoms with van der Waals surface area (Å²) in [6, 6.07) is 5.25. The molecule has 0 atom stereocenters. The number of rotatable bonds is 2. The molecule has 0 spiro atoms. The standard InChI is InChI=1S/C8H5BrF4O.C7H3BrF4O/c1-4-5(9)2-3-6(7(4)10)14-8(11,12)13;8-4-1-2-6(5(9)3-4)13-7(10,11)12/h2-3H,1H3;1-3H. The molecule has 0 saturated carbocycles. The van der Waals surface area contributed by atoms with E-state index in [4.69, 9.17) is 0 Å². The van der Waals surface area contributed by atoms with E-state index in [-0.39, 0.29) is 5.56 Å². The average molecular weight is 532 g/mol. The number of halogens is 10. The summed E-state index contributed by atoms with van der Waals surface area (Å²) >= 11 is 5.88. The molecule has 150 valence electrons. The fourth-order valence-electron chi connectivity index (χ4n) is 1.52. The van der Waals surface area contributed by atoms with Gasteiger partial charge in [0.15, 0.2) is 23.1 Å². The lowest BCUT2D eigenvalue weighted by Gasteiger charge is -2.11. The van der Waals surface area contributed by atoms with Crippen molar-refractivity contribution in [2.24, 2.45) is 0 Å². The zero-order valence-electron chi connectivity index (χ0n) is 13.0. The maximum atomic E-state index is 13.1. The van der Waals surface area contributed by atoms with Crippen molar-refractivity contribution in [3.05, 3.63) is 56.5 Å². The Morgan fingerprint density at radius 2 is 1.26 bits per heavy atom. The third-order valence-electron chi connectivity index (χ3n) is 2.63. The van der Waals surface area contributed by atoms with Gasteiger partial charge in [-0.15, -0.1) is 26.3 Å². The van der Waals surface area contributed by atoms with E-state index in [1.54, 1.807) is 0 Å². The minimum atomic E-state index is -4.87. The number of ether oxygens (including phenoxy) is 2. The highest BCUT2D eigenvalue weighted by Crippen LogP contribution is 2.30. The topological polar surface area (TPSA) is 18.5 Å². The van der Waals surface area contributed by atoms with Crippen LogP contribution in [0.1, 0.15) is 5.56 Å². The predicted octanol–water partition coefficient (Wildman–Crippen LogP) is 7.28. The fourth-order valence-corrected chi connectivity index (χ4v) is 2.16. The molecule has 0 amide bonds. The number of hydrogen-bond acceptors (Lipinski definition) is 2. The first-order valence-electron chi connectivity index (χ1n) is 6.61. The highest BCUT2D eigenvalue weighted by Gasteiger charge is 2.33. The normalized spacial score (nSPS) is 11.5. The third kappa shape index (κ3) is 8.33. The van der Waals surface area contributed by atoms with Crippen molar-refractivity contribution in [1.82, 2.24) is 0 Å². The van der Waals surface area contributed by atoms with Crippen LogP contribution in [0.2, 0.25) is 0 Å². The Morgan fingerprint density at radius 3 is 1.74 bits per heavy atom. The lowest BCUT2D eigenvalue weighted by Crippen LogP contribution is -2.18. The van der Waals surface area contributed by atoms with Crippen LogP contribution in [0.15, 0.2) is 39.3 Å². The van der Waals surface area contributed by atoms with Gasteiger partial charge >= 0.3 is 12.7 Å². The minimum absolute atomic E-state index is 0.0757. The summed E-state index contributed by atoms with van der Waals surface area (Å²) in [6.45, 7) is 1.35. The summed E-state index contributed by atoms with van der Waals surface area (Å²) in [6.07, 6.45) is -9.74. The Kier molecular flexibility index (Phi) is 7.90. The van der Waals surface area contributed by atoms with Crippen LogP contribution in [-0.4, -0.2) is 12.7 Å². The van der Waals surface area contributed by atoms with Crippen molar-refractivity contribution in [1.29, 1.82) is 0 Å². The van der Waals surface area contributed by atoms with E-state index in [2.05, 4.69) is 41.3 Å². The number of alkyl halides is 6. The third-order valence-corrected chi connectivity index (χ3v) is 3.98. The maximum absolute atomic E-state index is 13.1. The van der Waals surface area contributed by atoms with E-state index in [9.17, 15) is 35.1 Å². The van der Waals surface area contributed by atoms with E-state index in [0.29, 0.717) is 8.95 Å². The smallest absolute Gasteiger partial charge is 0.403 e. The molecule has 0 N–H and O–H groups in total. The van der Waals surface area contributed by atoms with Gasteiger partial charge in [-0.2, -0.15) is 0 Å². The summed E-state index contributed by atoms with van der Waals surface area (Å²) in [5.41, 5.74) is 0.0757. The predicted molar refractivity (Wildman–Crippen MR) is 86.3 cm³/mol. The number of benzene rings is 2. The monoisotopic (exact) mass is 530 g/mol. The van der Waals surface area contributed by atoms with Crippen LogP contribution in [-0.2, 0) is 0 Å². The van der Waals surface area contributed by atoms with Crippen molar-refractivity contribution >= 4 is 31.9 Å². The van der Waals surface area contributed by atoms with Gasteiger partial charge in [-0.3, -0.25) is 0 Å². The van der Waals surface area contributed by atoms with Crippen LogP contribution in [0.25, 0.3) is 0 Å². The van der Waals surface area contributed by atoms with Gasteiger partial charge in [-0.1, -0.05) is 31.9 Å². The van der Waals surface area contributed by atoms with Crippen LogP contribution < -0.4 is 9.47 Å². The molecular formula is C15H8Br2F8O2. The molecule has 2 aromatic rings. The van der Waals surface area contributed by atoms with Gasteiger partial charge in [-0.05, 0) is 37.3 Å². The molecule has 0 saturated heterocycles. The highest BCUT2D eigenvalue weighted by molar-refractivity contribution is 9.10. The van der Waals surface area contributed by atoms with E-state index in [1.165, 1.54) is 19.1 Å². The molecule has 0 aliphatic carbocycles. The van der Waals surface area contributed by atoms with Gasteiger partial charge in [0.1, 0.15) is 0 Å². The van der Waals surface area contributed by atoms with Crippen molar-refractivity contribution in [3.8, 4) is 11.5 Å². The van der Waals surface area contributed by atoms with Gasteiger partial charge in [0.25, 0.3) is 0 Å². The van der Waals surface area contributed by atoms with Crippen LogP contribution in [0.4, 0.5) is 35.1 Å². The molecule has 0 bridgehead atoms. The second-order valence-corrected chi connectivity index (χ2v) is 6.42. The highest BCUT2D eigenvalue weighted by atomic mass is 79.9. The summed E-state index contributed by atoms with van der Waals surface area (Å²) in [7, 11) is 0. The van der Waals surface area contributed by atoms with Crippen molar-refractivity contribution in [2.45, 2.75) is 19.6 Å². The molecule has 12 heteroatoms. The van der Waals surface area contributed by atoms with E-state index in [0.717, 1.165) is 18.2 Å². The molecule has 27 heavy (non-hydrogen) atoms. The quantitative estimate of drug-likeness (QED) is 0.379. The largest absolute Gasteiger partial charge is 0.573 e. The lowest BCUT2D eigenvalue weighted by molar-refractivity contribution is -0.276. The van der Waals surface area contributed by atoms with E-state index >= 15 is 0 Å². The molecule has 0 radical (unpaired) electrons. The van der Waals surface area contributed by atoms with Crippen molar-refractivity contribution < 1.29 is 44.6 Å². The van der Waals surface area contributed by atoms with Gasteiger partial charge in [-0.25, -0.2) is 8.78 Å². The van der Waals surface area contributed by atoms with Gasteiger partial charge < -0.3 is 9.47 Å². The molecule has 0 aliphatic rings. The first-order valence-corrected chi connectivity index (χ1v) is 8.19. The molecule has 2 aromatic carbocycles. The molecule has 0 heterocycles. The molecule has 0 aromatic heterocycles. The summed E-state index contributed by atoms with van der Waals surface area (Å²) < 4.78 is 104. The summed E-state index contributed by atoms with van der Waals surface area (Å²) in [5.74, 6) is -3.74.